The van der Waals surface area contributed by atoms with Crippen molar-refractivity contribution in [3.05, 3.63) is 41.0 Å². The largest absolute Gasteiger partial charge is 2.00 e. The Morgan fingerprint density at radius 3 is 1.56 bits per heavy atom. The van der Waals surface area contributed by atoms with E-state index in [1.165, 1.54) is 51.0 Å². The molecule has 0 bridgehead atoms. The Hall–Kier alpha value is -0.349. The van der Waals surface area contributed by atoms with Crippen LogP contribution in [0.2, 0.25) is 0 Å². The quantitative estimate of drug-likeness (QED) is 0.108. The number of hydrogen-bond acceptors (Lipinski definition) is 5. The second kappa shape index (κ2) is 18.0. The normalized spacial score (nSPS) is 11.5. The topological polar surface area (TPSA) is 97.3 Å². The standard InChI is InChI=1S/C29H44O5S.Ba/c1-3-5-7-9-11-13-15-19-23-24-20-17-18-22-26(24)28(35(32,33)34)27(29(30)31)25(23)21-16-14-12-10-8-6-4-2;/h17-18,20,22H,3-16,19,21H2,1-2H3,(H,30,31)(H,32,33,34);/q;+2/p-2. The molecule has 7 heteroatoms. The molecule has 36 heavy (non-hydrogen) atoms. The molecule has 0 aromatic heterocycles. The molecule has 0 heterocycles. The van der Waals surface area contributed by atoms with E-state index < -0.39 is 26.5 Å². The number of benzene rings is 2. The van der Waals surface area contributed by atoms with Gasteiger partial charge in [0, 0.05) is 10.9 Å². The second-order valence-electron chi connectivity index (χ2n) is 9.69. The maximum atomic E-state index is 12.3. The molecule has 0 saturated heterocycles. The van der Waals surface area contributed by atoms with E-state index in [2.05, 4.69) is 13.8 Å². The van der Waals surface area contributed by atoms with Gasteiger partial charge in [0.25, 0.3) is 0 Å². The summed E-state index contributed by atoms with van der Waals surface area (Å²) in [4.78, 5) is 11.6. The molecule has 0 aliphatic heterocycles. The van der Waals surface area contributed by atoms with Crippen LogP contribution in [0.3, 0.4) is 0 Å². The minimum Gasteiger partial charge on any atom is -0.744 e. The fourth-order valence-electron chi connectivity index (χ4n) is 5.08. The molecule has 0 aliphatic carbocycles. The van der Waals surface area contributed by atoms with Gasteiger partial charge < -0.3 is 14.5 Å². The maximum Gasteiger partial charge on any atom is 2.00 e. The number of unbranched alkanes of at least 4 members (excludes halogenated alkanes) is 12. The van der Waals surface area contributed by atoms with Gasteiger partial charge in [0.1, 0.15) is 10.1 Å². The van der Waals surface area contributed by atoms with Gasteiger partial charge in [-0.3, -0.25) is 0 Å². The average Bonchev–Trinajstić information content (AvgIpc) is 2.82. The Morgan fingerprint density at radius 2 is 1.11 bits per heavy atom. The van der Waals surface area contributed by atoms with Gasteiger partial charge in [-0.2, -0.15) is 0 Å². The van der Waals surface area contributed by atoms with Crippen LogP contribution in [0.4, 0.5) is 0 Å². The second-order valence-corrected chi connectivity index (χ2v) is 11.0. The average molecular weight is 640 g/mol. The third-order valence-corrected chi connectivity index (χ3v) is 7.83. The first-order chi connectivity index (χ1) is 16.8. The molecule has 0 amide bonds. The molecule has 0 spiro atoms. The van der Waals surface area contributed by atoms with Crippen molar-refractivity contribution in [1.82, 2.24) is 0 Å². The number of carboxylic acid groups (broad SMARTS) is 1. The summed E-state index contributed by atoms with van der Waals surface area (Å²) in [5.74, 6) is -1.58. The molecule has 2 aromatic rings. The molecule has 0 unspecified atom stereocenters. The number of aromatic carboxylic acids is 1. The van der Waals surface area contributed by atoms with Gasteiger partial charge in [-0.05, 0) is 42.2 Å². The van der Waals surface area contributed by atoms with E-state index in [1.807, 2.05) is 12.1 Å². The Bertz CT molecular complexity index is 1050. The molecule has 2 aromatic carbocycles. The van der Waals surface area contributed by atoms with Crippen LogP contribution in [0.25, 0.3) is 10.8 Å². The summed E-state index contributed by atoms with van der Waals surface area (Å²) in [6.07, 6.45) is 16.5. The third kappa shape index (κ3) is 10.4. The fourth-order valence-corrected chi connectivity index (χ4v) is 5.99. The van der Waals surface area contributed by atoms with Gasteiger partial charge in [0.05, 0.1) is 10.9 Å². The smallest absolute Gasteiger partial charge is 0.744 e. The summed E-state index contributed by atoms with van der Waals surface area (Å²) in [6.45, 7) is 4.37. The Morgan fingerprint density at radius 1 is 0.694 bits per heavy atom. The molecule has 0 radical (unpaired) electrons. The minimum atomic E-state index is -5.00. The van der Waals surface area contributed by atoms with Crippen molar-refractivity contribution in [2.24, 2.45) is 0 Å². The van der Waals surface area contributed by atoms with E-state index >= 15 is 0 Å². The summed E-state index contributed by atoms with van der Waals surface area (Å²) in [5, 5.41) is 13.1. The van der Waals surface area contributed by atoms with E-state index in [1.54, 1.807) is 6.07 Å². The van der Waals surface area contributed by atoms with Crippen molar-refractivity contribution in [1.29, 1.82) is 0 Å². The van der Waals surface area contributed by atoms with Crippen LogP contribution >= 0.6 is 0 Å². The Kier molecular flexibility index (Phi) is 16.9. The van der Waals surface area contributed by atoms with Crippen molar-refractivity contribution >= 4 is 75.7 Å². The van der Waals surface area contributed by atoms with E-state index in [0.29, 0.717) is 23.8 Å². The van der Waals surface area contributed by atoms with Crippen molar-refractivity contribution < 1.29 is 22.9 Å². The molecule has 0 aliphatic rings. The van der Waals surface area contributed by atoms with Gasteiger partial charge in [-0.25, -0.2) is 8.42 Å². The van der Waals surface area contributed by atoms with Crippen LogP contribution in [0.1, 0.15) is 125 Å². The number of hydrogen-bond donors (Lipinski definition) is 0. The van der Waals surface area contributed by atoms with E-state index in [9.17, 15) is 22.9 Å². The summed E-state index contributed by atoms with van der Waals surface area (Å²) in [7, 11) is -5.00. The van der Waals surface area contributed by atoms with Gasteiger partial charge in [0.2, 0.25) is 0 Å². The molecule has 2 rings (SSSR count). The van der Waals surface area contributed by atoms with Gasteiger partial charge >= 0.3 is 48.9 Å². The van der Waals surface area contributed by atoms with Gasteiger partial charge in [-0.15, -0.1) is 0 Å². The van der Waals surface area contributed by atoms with Crippen molar-refractivity contribution in [3.63, 3.8) is 0 Å². The zero-order valence-electron chi connectivity index (χ0n) is 22.3. The van der Waals surface area contributed by atoms with Gasteiger partial charge in [-0.1, -0.05) is 115 Å². The predicted molar refractivity (Wildman–Crippen MR) is 145 cm³/mol. The number of carbonyl (C=O) groups is 1. The fraction of sp³-hybridized carbons (Fsp3) is 0.621. The molecule has 0 N–H and O–H groups in total. The Labute approximate surface area is 258 Å². The summed E-state index contributed by atoms with van der Waals surface area (Å²) in [5.41, 5.74) is 0.937. The first-order valence-corrected chi connectivity index (χ1v) is 15.0. The van der Waals surface area contributed by atoms with Crippen molar-refractivity contribution in [2.45, 2.75) is 121 Å². The molecule has 0 atom stereocenters. The van der Waals surface area contributed by atoms with Crippen LogP contribution in [0.5, 0.6) is 0 Å². The van der Waals surface area contributed by atoms with Crippen LogP contribution in [0.15, 0.2) is 29.2 Å². The first-order valence-electron chi connectivity index (χ1n) is 13.6. The molecule has 5 nitrogen and oxygen atoms in total. The van der Waals surface area contributed by atoms with E-state index in [4.69, 9.17) is 0 Å². The summed E-state index contributed by atoms with van der Waals surface area (Å²) < 4.78 is 36.8. The summed E-state index contributed by atoms with van der Waals surface area (Å²) in [6, 6.07) is 6.81. The number of carbonyl (C=O) groups excluding carboxylic acids is 1. The predicted octanol–water partition coefficient (Wildman–Crippen LogP) is 6.31. The number of aryl methyl sites for hydroxylation is 1. The number of fused-ring (bicyclic) bond motifs is 1. The maximum absolute atomic E-state index is 12.3. The van der Waals surface area contributed by atoms with Gasteiger partial charge in [0.15, 0.2) is 0 Å². The number of rotatable bonds is 18. The monoisotopic (exact) mass is 640 g/mol. The third-order valence-electron chi connectivity index (χ3n) is 6.90. The van der Waals surface area contributed by atoms with Crippen LogP contribution in [-0.2, 0) is 23.0 Å². The SMILES string of the molecule is CCCCCCCCCc1c(C(=O)[O-])c(S(=O)(=O)[O-])c2ccccc2c1CCCCCCCCC.[Ba+2]. The van der Waals surface area contributed by atoms with Crippen molar-refractivity contribution in [2.75, 3.05) is 0 Å². The molecule has 0 saturated carbocycles. The van der Waals surface area contributed by atoms with E-state index in [0.717, 1.165) is 50.5 Å². The zero-order valence-corrected chi connectivity index (χ0v) is 27.5. The van der Waals surface area contributed by atoms with E-state index in [-0.39, 0.29) is 54.3 Å². The molecular formula is C29H42BaO5S. The van der Waals surface area contributed by atoms with Crippen LogP contribution < -0.4 is 5.11 Å². The molecular weight excluding hydrogens is 598 g/mol. The first kappa shape index (κ1) is 33.7. The zero-order chi connectivity index (χ0) is 25.7. The molecule has 196 valence electrons. The van der Waals surface area contributed by atoms with Crippen molar-refractivity contribution in [3.8, 4) is 0 Å². The number of carboxylic acids is 1. The Balaban J connectivity index is 0.00000648. The minimum absolute atomic E-state index is 0. The van der Waals surface area contributed by atoms with Crippen LogP contribution in [-0.4, -0.2) is 67.8 Å². The molecule has 0 fully saturated rings. The van der Waals surface area contributed by atoms with Crippen LogP contribution in [0, 0.1) is 0 Å². The summed E-state index contributed by atoms with van der Waals surface area (Å²) >= 11 is 0.